The SMILES string of the molecule is CON=CC(C)=CC1[C@@H](C(=O)O)C1(C)C. The van der Waals surface area contributed by atoms with Crippen molar-refractivity contribution in [3.05, 3.63) is 11.6 Å². The number of allylic oxidation sites excluding steroid dienone is 2. The van der Waals surface area contributed by atoms with Crippen LogP contribution in [0.15, 0.2) is 16.8 Å². The van der Waals surface area contributed by atoms with E-state index in [4.69, 9.17) is 5.11 Å². The lowest BCUT2D eigenvalue weighted by Gasteiger charge is -1.97. The molecule has 0 aromatic heterocycles. The molecule has 1 N–H and O–H groups in total. The number of oxime groups is 1. The zero-order valence-corrected chi connectivity index (χ0v) is 9.52. The predicted molar refractivity (Wildman–Crippen MR) is 57.7 cm³/mol. The average molecular weight is 211 g/mol. The molecule has 0 aromatic rings. The number of aliphatic carboxylic acids is 1. The van der Waals surface area contributed by atoms with E-state index in [9.17, 15) is 4.79 Å². The molecule has 15 heavy (non-hydrogen) atoms. The molecule has 0 saturated heterocycles. The molecular formula is C11H17NO3. The zero-order valence-electron chi connectivity index (χ0n) is 9.52. The minimum absolute atomic E-state index is 0.0957. The molecule has 2 atom stereocenters. The lowest BCUT2D eigenvalue weighted by atomic mass is 10.1. The third-order valence-corrected chi connectivity index (χ3v) is 2.98. The summed E-state index contributed by atoms with van der Waals surface area (Å²) >= 11 is 0. The minimum atomic E-state index is -0.724. The highest BCUT2D eigenvalue weighted by Gasteiger charge is 2.60. The summed E-state index contributed by atoms with van der Waals surface area (Å²) in [5.74, 6) is -0.903. The molecule has 0 aromatic carbocycles. The fraction of sp³-hybridized carbons (Fsp3) is 0.636. The van der Waals surface area contributed by atoms with E-state index in [1.165, 1.54) is 7.11 Å². The third-order valence-electron chi connectivity index (χ3n) is 2.98. The highest BCUT2D eigenvalue weighted by molar-refractivity contribution is 5.80. The van der Waals surface area contributed by atoms with E-state index < -0.39 is 5.97 Å². The molecule has 1 aliphatic rings. The number of nitrogens with zero attached hydrogens (tertiary/aromatic N) is 1. The molecule has 0 bridgehead atoms. The summed E-state index contributed by atoms with van der Waals surface area (Å²) in [6, 6.07) is 0. The van der Waals surface area contributed by atoms with Crippen molar-refractivity contribution in [3.63, 3.8) is 0 Å². The minimum Gasteiger partial charge on any atom is -0.481 e. The van der Waals surface area contributed by atoms with Gasteiger partial charge in [-0.3, -0.25) is 4.79 Å². The second-order valence-corrected chi connectivity index (χ2v) is 4.49. The van der Waals surface area contributed by atoms with Crippen LogP contribution in [0, 0.1) is 17.3 Å². The van der Waals surface area contributed by atoms with E-state index >= 15 is 0 Å². The molecule has 1 saturated carbocycles. The van der Waals surface area contributed by atoms with E-state index in [0.29, 0.717) is 0 Å². The van der Waals surface area contributed by atoms with Gasteiger partial charge in [-0.2, -0.15) is 0 Å². The van der Waals surface area contributed by atoms with E-state index in [2.05, 4.69) is 9.99 Å². The van der Waals surface area contributed by atoms with Crippen LogP contribution in [0.25, 0.3) is 0 Å². The van der Waals surface area contributed by atoms with Gasteiger partial charge >= 0.3 is 5.97 Å². The monoisotopic (exact) mass is 211 g/mol. The first-order chi connectivity index (χ1) is 6.91. The van der Waals surface area contributed by atoms with Gasteiger partial charge in [0.25, 0.3) is 0 Å². The van der Waals surface area contributed by atoms with Crippen LogP contribution in [0.4, 0.5) is 0 Å². The van der Waals surface area contributed by atoms with Crippen LogP contribution in [0.1, 0.15) is 20.8 Å². The van der Waals surface area contributed by atoms with Gasteiger partial charge in [-0.1, -0.05) is 25.1 Å². The fourth-order valence-corrected chi connectivity index (χ4v) is 1.92. The average Bonchev–Trinajstić information content (AvgIpc) is 2.64. The maximum absolute atomic E-state index is 10.9. The summed E-state index contributed by atoms with van der Waals surface area (Å²) in [4.78, 5) is 15.4. The Hall–Kier alpha value is -1.32. The van der Waals surface area contributed by atoms with Crippen molar-refractivity contribution in [1.29, 1.82) is 0 Å². The Morgan fingerprint density at radius 2 is 2.13 bits per heavy atom. The van der Waals surface area contributed by atoms with E-state index in [1.54, 1.807) is 6.21 Å². The van der Waals surface area contributed by atoms with Crippen molar-refractivity contribution in [3.8, 4) is 0 Å². The second kappa shape index (κ2) is 4.04. The largest absolute Gasteiger partial charge is 0.481 e. The van der Waals surface area contributed by atoms with Gasteiger partial charge < -0.3 is 9.94 Å². The van der Waals surface area contributed by atoms with Crippen molar-refractivity contribution >= 4 is 12.2 Å². The highest BCUT2D eigenvalue weighted by atomic mass is 16.6. The number of hydrogen-bond acceptors (Lipinski definition) is 3. The van der Waals surface area contributed by atoms with E-state index in [0.717, 1.165) is 5.57 Å². The quantitative estimate of drug-likeness (QED) is 0.571. The molecule has 0 heterocycles. The summed E-state index contributed by atoms with van der Waals surface area (Å²) in [5.41, 5.74) is 0.784. The lowest BCUT2D eigenvalue weighted by Crippen LogP contribution is -2.03. The van der Waals surface area contributed by atoms with Gasteiger partial charge in [0.2, 0.25) is 0 Å². The maximum Gasteiger partial charge on any atom is 0.307 e. The Morgan fingerprint density at radius 3 is 2.53 bits per heavy atom. The van der Waals surface area contributed by atoms with Crippen molar-refractivity contribution in [2.45, 2.75) is 20.8 Å². The van der Waals surface area contributed by atoms with Crippen molar-refractivity contribution in [2.75, 3.05) is 7.11 Å². The van der Waals surface area contributed by atoms with Gasteiger partial charge in [0.05, 0.1) is 12.1 Å². The Kier molecular flexibility index (Phi) is 3.17. The van der Waals surface area contributed by atoms with Crippen LogP contribution in [0.3, 0.4) is 0 Å². The van der Waals surface area contributed by atoms with E-state index in [1.807, 2.05) is 26.8 Å². The Bertz CT molecular complexity index is 318. The standard InChI is InChI=1S/C11H17NO3/c1-7(6-12-15-4)5-8-9(10(13)14)11(8,2)3/h5-6,8-9H,1-4H3,(H,13,14)/t8?,9-/m0/s1. The molecule has 4 nitrogen and oxygen atoms in total. The van der Waals surface area contributed by atoms with Crippen molar-refractivity contribution < 1.29 is 14.7 Å². The number of hydrogen-bond donors (Lipinski definition) is 1. The van der Waals surface area contributed by atoms with Gasteiger partial charge in [0.1, 0.15) is 7.11 Å². The molecule has 0 radical (unpaired) electrons. The predicted octanol–water partition coefficient (Wildman–Crippen LogP) is 1.92. The van der Waals surface area contributed by atoms with Gasteiger partial charge in [0.15, 0.2) is 0 Å². The summed E-state index contributed by atoms with van der Waals surface area (Å²) in [6.07, 6.45) is 3.54. The molecule has 4 heteroatoms. The number of carbonyl (C=O) groups is 1. The summed E-state index contributed by atoms with van der Waals surface area (Å²) < 4.78 is 0. The van der Waals surface area contributed by atoms with Crippen LogP contribution < -0.4 is 0 Å². The normalized spacial score (nSPS) is 29.2. The summed E-state index contributed by atoms with van der Waals surface area (Å²) in [5, 5.41) is 12.6. The number of carboxylic acid groups (broad SMARTS) is 1. The Balaban J connectivity index is 2.69. The molecule has 1 unspecified atom stereocenters. The van der Waals surface area contributed by atoms with E-state index in [-0.39, 0.29) is 17.3 Å². The molecule has 1 aliphatic carbocycles. The second-order valence-electron chi connectivity index (χ2n) is 4.49. The Morgan fingerprint density at radius 1 is 1.53 bits per heavy atom. The molecule has 84 valence electrons. The Labute approximate surface area is 89.6 Å². The van der Waals surface area contributed by atoms with Gasteiger partial charge in [-0.15, -0.1) is 0 Å². The fourth-order valence-electron chi connectivity index (χ4n) is 1.92. The molecule has 1 fully saturated rings. The first-order valence-corrected chi connectivity index (χ1v) is 4.89. The molecule has 1 rings (SSSR count). The maximum atomic E-state index is 10.9. The first kappa shape index (κ1) is 11.8. The summed E-state index contributed by atoms with van der Waals surface area (Å²) in [7, 11) is 1.48. The molecular weight excluding hydrogens is 194 g/mol. The van der Waals surface area contributed by atoms with Crippen LogP contribution in [-0.4, -0.2) is 24.4 Å². The van der Waals surface area contributed by atoms with Gasteiger partial charge in [0, 0.05) is 0 Å². The molecule has 0 spiro atoms. The van der Waals surface area contributed by atoms with Gasteiger partial charge in [-0.05, 0) is 23.8 Å². The van der Waals surface area contributed by atoms with Gasteiger partial charge in [-0.25, -0.2) is 0 Å². The lowest BCUT2D eigenvalue weighted by molar-refractivity contribution is -0.139. The highest BCUT2D eigenvalue weighted by Crippen LogP contribution is 2.59. The zero-order chi connectivity index (χ0) is 11.6. The molecule has 0 amide bonds. The first-order valence-electron chi connectivity index (χ1n) is 4.89. The van der Waals surface area contributed by atoms with Crippen LogP contribution in [0.2, 0.25) is 0 Å². The van der Waals surface area contributed by atoms with Crippen LogP contribution in [-0.2, 0) is 9.63 Å². The topological polar surface area (TPSA) is 58.9 Å². The third kappa shape index (κ3) is 2.37. The van der Waals surface area contributed by atoms with Crippen molar-refractivity contribution in [2.24, 2.45) is 22.4 Å². The summed E-state index contributed by atoms with van der Waals surface area (Å²) in [6.45, 7) is 5.82. The van der Waals surface area contributed by atoms with Crippen molar-refractivity contribution in [1.82, 2.24) is 0 Å². The van der Waals surface area contributed by atoms with Crippen LogP contribution in [0.5, 0.6) is 0 Å². The van der Waals surface area contributed by atoms with Crippen LogP contribution >= 0.6 is 0 Å². The number of carboxylic acids is 1. The molecule has 0 aliphatic heterocycles. The smallest absolute Gasteiger partial charge is 0.307 e. The number of rotatable bonds is 4.